The first-order chi connectivity index (χ1) is 9.08. The molecule has 4 N–H and O–H groups in total. The highest BCUT2D eigenvalue weighted by molar-refractivity contribution is 5.86. The van der Waals surface area contributed by atoms with Crippen molar-refractivity contribution in [3.8, 4) is 0 Å². The highest BCUT2D eigenvalue weighted by atomic mass is 16.4. The Morgan fingerprint density at radius 1 is 1.37 bits per heavy atom. The number of carboxylic acid groups (broad SMARTS) is 1. The molecule has 0 aromatic carbocycles. The quantitative estimate of drug-likeness (QED) is 0.507. The van der Waals surface area contributed by atoms with Gasteiger partial charge in [-0.05, 0) is 18.8 Å². The number of carboxylic acids is 1. The molecule has 1 aliphatic heterocycles. The molecular formula is C12H19N3O4. The largest absolute Gasteiger partial charge is 0.481 e. The molecule has 19 heavy (non-hydrogen) atoms. The van der Waals surface area contributed by atoms with Crippen LogP contribution in [0.5, 0.6) is 0 Å². The van der Waals surface area contributed by atoms with Gasteiger partial charge in [-0.1, -0.05) is 6.42 Å². The Kier molecular flexibility index (Phi) is 4.36. The van der Waals surface area contributed by atoms with Crippen LogP contribution in [0.3, 0.4) is 0 Å². The third kappa shape index (κ3) is 3.44. The van der Waals surface area contributed by atoms with Gasteiger partial charge < -0.3 is 15.7 Å². The topological polar surface area (TPSA) is 108 Å². The van der Waals surface area contributed by atoms with Crippen molar-refractivity contribution in [1.82, 2.24) is 16.0 Å². The number of carbonyl (C=O) groups excluding carboxylic acids is 2. The predicted octanol–water partition coefficient (Wildman–Crippen LogP) is -1.31. The zero-order chi connectivity index (χ0) is 13.8. The number of carbonyl (C=O) groups is 3. The fourth-order valence-corrected chi connectivity index (χ4v) is 2.71. The van der Waals surface area contributed by atoms with Crippen LogP contribution in [0.1, 0.15) is 19.3 Å². The molecule has 2 aliphatic rings. The maximum Gasteiger partial charge on any atom is 0.306 e. The van der Waals surface area contributed by atoms with Crippen molar-refractivity contribution in [1.29, 1.82) is 0 Å². The summed E-state index contributed by atoms with van der Waals surface area (Å²) in [5.74, 6) is -1.42. The molecule has 7 nitrogen and oxygen atoms in total. The van der Waals surface area contributed by atoms with Gasteiger partial charge >= 0.3 is 5.97 Å². The zero-order valence-corrected chi connectivity index (χ0v) is 10.6. The lowest BCUT2D eigenvalue weighted by molar-refractivity contribution is -0.143. The van der Waals surface area contributed by atoms with E-state index in [-0.39, 0.29) is 36.7 Å². The van der Waals surface area contributed by atoms with Crippen LogP contribution in [-0.4, -0.2) is 48.6 Å². The van der Waals surface area contributed by atoms with Gasteiger partial charge in [0.2, 0.25) is 11.8 Å². The van der Waals surface area contributed by atoms with Crippen LogP contribution in [0.25, 0.3) is 0 Å². The molecular weight excluding hydrogens is 250 g/mol. The number of rotatable bonds is 4. The van der Waals surface area contributed by atoms with Gasteiger partial charge in [0, 0.05) is 13.1 Å². The summed E-state index contributed by atoms with van der Waals surface area (Å²) in [4.78, 5) is 33.8. The molecule has 1 saturated heterocycles. The summed E-state index contributed by atoms with van der Waals surface area (Å²) in [6.45, 7) is 0.804. The lowest BCUT2D eigenvalue weighted by Gasteiger charge is -2.24. The van der Waals surface area contributed by atoms with Gasteiger partial charge in [-0.3, -0.25) is 19.7 Å². The van der Waals surface area contributed by atoms with Gasteiger partial charge in [-0.15, -0.1) is 0 Å². The summed E-state index contributed by atoms with van der Waals surface area (Å²) in [5.41, 5.74) is 0. The van der Waals surface area contributed by atoms with E-state index < -0.39 is 12.0 Å². The zero-order valence-electron chi connectivity index (χ0n) is 10.6. The molecule has 2 rings (SSSR count). The highest BCUT2D eigenvalue weighted by Crippen LogP contribution is 2.31. The Labute approximate surface area is 111 Å². The Morgan fingerprint density at radius 3 is 2.79 bits per heavy atom. The molecule has 3 atom stereocenters. The maximum absolute atomic E-state index is 11.9. The van der Waals surface area contributed by atoms with E-state index in [2.05, 4.69) is 16.0 Å². The first-order valence-electron chi connectivity index (χ1n) is 6.58. The minimum absolute atomic E-state index is 0.0135. The summed E-state index contributed by atoms with van der Waals surface area (Å²) in [6, 6.07) is -0.428. The van der Waals surface area contributed by atoms with E-state index in [0.717, 1.165) is 12.8 Å². The van der Waals surface area contributed by atoms with Gasteiger partial charge in [0.05, 0.1) is 12.5 Å². The number of piperazine rings is 1. The van der Waals surface area contributed by atoms with Crippen LogP contribution < -0.4 is 16.0 Å². The molecule has 0 aromatic rings. The number of nitrogens with one attached hydrogen (secondary N) is 3. The van der Waals surface area contributed by atoms with Gasteiger partial charge in [-0.25, -0.2) is 0 Å². The van der Waals surface area contributed by atoms with Crippen LogP contribution >= 0.6 is 0 Å². The monoisotopic (exact) mass is 269 g/mol. The van der Waals surface area contributed by atoms with Crippen LogP contribution in [0, 0.1) is 11.8 Å². The highest BCUT2D eigenvalue weighted by Gasteiger charge is 2.33. The summed E-state index contributed by atoms with van der Waals surface area (Å²) < 4.78 is 0. The Balaban J connectivity index is 1.77. The molecule has 1 heterocycles. The lowest BCUT2D eigenvalue weighted by atomic mass is 9.96. The molecule has 2 fully saturated rings. The number of aliphatic carboxylic acids is 1. The average Bonchev–Trinajstić information content (AvgIpc) is 2.85. The number of hydrogen-bond donors (Lipinski definition) is 4. The van der Waals surface area contributed by atoms with E-state index >= 15 is 0 Å². The molecule has 1 saturated carbocycles. The van der Waals surface area contributed by atoms with Crippen molar-refractivity contribution < 1.29 is 19.5 Å². The summed E-state index contributed by atoms with van der Waals surface area (Å²) in [6.07, 6.45) is 2.43. The molecule has 1 aliphatic carbocycles. The second kappa shape index (κ2) is 6.01. The first-order valence-corrected chi connectivity index (χ1v) is 6.58. The van der Waals surface area contributed by atoms with E-state index in [0.29, 0.717) is 13.0 Å². The van der Waals surface area contributed by atoms with E-state index in [1.807, 2.05) is 0 Å². The normalized spacial score (nSPS) is 30.7. The van der Waals surface area contributed by atoms with Gasteiger partial charge in [0.25, 0.3) is 0 Å². The molecule has 0 bridgehead atoms. The fraction of sp³-hybridized carbons (Fsp3) is 0.750. The van der Waals surface area contributed by atoms with Crippen LogP contribution in [-0.2, 0) is 14.4 Å². The molecule has 0 aromatic heterocycles. The molecule has 106 valence electrons. The van der Waals surface area contributed by atoms with Crippen LogP contribution in [0.4, 0.5) is 0 Å². The van der Waals surface area contributed by atoms with Gasteiger partial charge in [0.1, 0.15) is 6.04 Å². The molecule has 0 spiro atoms. The van der Waals surface area contributed by atoms with E-state index in [9.17, 15) is 14.4 Å². The summed E-state index contributed by atoms with van der Waals surface area (Å²) in [7, 11) is 0. The Hall–Kier alpha value is -1.63. The SMILES string of the molecule is O=C1CNC(C(=O)NCC2CCCC2C(=O)O)CN1. The van der Waals surface area contributed by atoms with Crippen molar-refractivity contribution >= 4 is 17.8 Å². The standard InChI is InChI=1S/C12H19N3O4/c16-10-6-13-9(5-14-10)11(17)15-4-7-2-1-3-8(7)12(18)19/h7-9,13H,1-6H2,(H,14,16)(H,15,17)(H,18,19). The second-order valence-electron chi connectivity index (χ2n) is 5.12. The van der Waals surface area contributed by atoms with Crippen LogP contribution in [0.2, 0.25) is 0 Å². The maximum atomic E-state index is 11.9. The molecule has 0 radical (unpaired) electrons. The third-order valence-corrected chi connectivity index (χ3v) is 3.84. The minimum atomic E-state index is -0.778. The van der Waals surface area contributed by atoms with Gasteiger partial charge in [-0.2, -0.15) is 0 Å². The Morgan fingerprint density at radius 2 is 2.16 bits per heavy atom. The average molecular weight is 269 g/mol. The van der Waals surface area contributed by atoms with Crippen molar-refractivity contribution in [2.75, 3.05) is 19.6 Å². The van der Waals surface area contributed by atoms with Crippen LogP contribution in [0.15, 0.2) is 0 Å². The number of amides is 2. The van der Waals surface area contributed by atoms with Gasteiger partial charge in [0.15, 0.2) is 0 Å². The molecule has 3 unspecified atom stereocenters. The smallest absolute Gasteiger partial charge is 0.306 e. The second-order valence-corrected chi connectivity index (χ2v) is 5.12. The van der Waals surface area contributed by atoms with Crippen molar-refractivity contribution in [2.24, 2.45) is 11.8 Å². The third-order valence-electron chi connectivity index (χ3n) is 3.84. The fourth-order valence-electron chi connectivity index (χ4n) is 2.71. The van der Waals surface area contributed by atoms with E-state index in [1.165, 1.54) is 0 Å². The summed E-state index contributed by atoms with van der Waals surface area (Å²) >= 11 is 0. The van der Waals surface area contributed by atoms with E-state index in [1.54, 1.807) is 0 Å². The number of hydrogen-bond acceptors (Lipinski definition) is 4. The van der Waals surface area contributed by atoms with Crippen molar-refractivity contribution in [2.45, 2.75) is 25.3 Å². The first kappa shape index (κ1) is 13.8. The summed E-state index contributed by atoms with van der Waals surface area (Å²) in [5, 5.41) is 17.3. The van der Waals surface area contributed by atoms with Crippen molar-refractivity contribution in [3.63, 3.8) is 0 Å². The Bertz CT molecular complexity index is 375. The lowest BCUT2D eigenvalue weighted by Crippen LogP contribution is -2.58. The predicted molar refractivity (Wildman–Crippen MR) is 66.3 cm³/mol. The molecule has 2 amide bonds. The van der Waals surface area contributed by atoms with E-state index in [4.69, 9.17) is 5.11 Å². The molecule has 7 heteroatoms. The van der Waals surface area contributed by atoms with Crippen molar-refractivity contribution in [3.05, 3.63) is 0 Å². The minimum Gasteiger partial charge on any atom is -0.481 e.